The maximum Gasteiger partial charge on any atom is 0.256 e. The van der Waals surface area contributed by atoms with Crippen molar-refractivity contribution in [3.8, 4) is 0 Å². The predicted molar refractivity (Wildman–Crippen MR) is 105 cm³/mol. The van der Waals surface area contributed by atoms with E-state index in [2.05, 4.69) is 20.4 Å². The maximum absolute atomic E-state index is 12.9. The molecule has 6 nitrogen and oxygen atoms in total. The zero-order valence-electron chi connectivity index (χ0n) is 14.5. The molecule has 4 rings (SSSR count). The van der Waals surface area contributed by atoms with Gasteiger partial charge in [-0.05, 0) is 36.4 Å². The zero-order chi connectivity index (χ0) is 18.6. The van der Waals surface area contributed by atoms with Crippen LogP contribution in [0, 0.1) is 6.92 Å². The second kappa shape index (κ2) is 7.59. The molecule has 4 aromatic rings. The van der Waals surface area contributed by atoms with Crippen LogP contribution < -0.4 is 5.32 Å². The summed E-state index contributed by atoms with van der Waals surface area (Å²) in [4.78, 5) is 22.3. The van der Waals surface area contributed by atoms with E-state index in [-0.39, 0.29) is 5.91 Å². The number of anilines is 1. The summed E-state index contributed by atoms with van der Waals surface area (Å²) in [6, 6.07) is 16.9. The molecule has 2 aromatic carbocycles. The fourth-order valence-corrected chi connectivity index (χ4v) is 3.62. The van der Waals surface area contributed by atoms with E-state index in [1.165, 1.54) is 11.8 Å². The Morgan fingerprint density at radius 3 is 2.85 bits per heavy atom. The first-order valence-electron chi connectivity index (χ1n) is 8.37. The van der Waals surface area contributed by atoms with Gasteiger partial charge in [0.1, 0.15) is 0 Å². The molecule has 0 aliphatic carbocycles. The maximum atomic E-state index is 12.9. The lowest BCUT2D eigenvalue weighted by molar-refractivity contribution is 0.102. The lowest BCUT2D eigenvalue weighted by Gasteiger charge is -2.11. The number of aromatic nitrogens is 3. The number of fused-ring (bicyclic) bond motifs is 1. The summed E-state index contributed by atoms with van der Waals surface area (Å²) in [5, 5.41) is 7.80. The average Bonchev–Trinajstić information content (AvgIpc) is 3.12. The Balaban J connectivity index is 1.56. The Morgan fingerprint density at radius 1 is 1.11 bits per heavy atom. The Morgan fingerprint density at radius 2 is 2.00 bits per heavy atom. The minimum atomic E-state index is -0.168. The van der Waals surface area contributed by atoms with Crippen molar-refractivity contribution in [2.45, 2.75) is 17.6 Å². The van der Waals surface area contributed by atoms with E-state index in [4.69, 9.17) is 4.52 Å². The van der Waals surface area contributed by atoms with Gasteiger partial charge >= 0.3 is 0 Å². The number of pyridine rings is 1. The summed E-state index contributed by atoms with van der Waals surface area (Å²) < 4.78 is 4.99. The van der Waals surface area contributed by atoms with E-state index >= 15 is 0 Å². The average molecular weight is 376 g/mol. The van der Waals surface area contributed by atoms with E-state index < -0.39 is 0 Å². The predicted octanol–water partition coefficient (Wildman–Crippen LogP) is 4.47. The molecular formula is C20H16N4O2S. The van der Waals surface area contributed by atoms with Gasteiger partial charge in [0.25, 0.3) is 5.91 Å². The monoisotopic (exact) mass is 376 g/mol. The highest BCUT2D eigenvalue weighted by Crippen LogP contribution is 2.27. The van der Waals surface area contributed by atoms with E-state index in [9.17, 15) is 4.79 Å². The van der Waals surface area contributed by atoms with Crippen LogP contribution in [0.2, 0.25) is 0 Å². The summed E-state index contributed by atoms with van der Waals surface area (Å²) in [6.07, 6.45) is 1.74. The third-order valence-electron chi connectivity index (χ3n) is 3.95. The van der Waals surface area contributed by atoms with Gasteiger partial charge < -0.3 is 9.84 Å². The number of amides is 1. The van der Waals surface area contributed by atoms with Crippen LogP contribution in [-0.2, 0) is 5.75 Å². The van der Waals surface area contributed by atoms with Crippen molar-refractivity contribution in [3.63, 3.8) is 0 Å². The molecule has 134 valence electrons. The number of rotatable bonds is 5. The number of carbonyl (C=O) groups is 1. The highest BCUT2D eigenvalue weighted by Gasteiger charge is 2.14. The molecule has 27 heavy (non-hydrogen) atoms. The fraction of sp³-hybridized carbons (Fsp3) is 0.100. The molecule has 0 unspecified atom stereocenters. The van der Waals surface area contributed by atoms with Gasteiger partial charge in [-0.25, -0.2) is 0 Å². The summed E-state index contributed by atoms with van der Waals surface area (Å²) in [6.45, 7) is 1.75. The van der Waals surface area contributed by atoms with Crippen molar-refractivity contribution in [2.75, 3.05) is 5.32 Å². The van der Waals surface area contributed by atoms with Crippen LogP contribution >= 0.6 is 11.8 Å². The third kappa shape index (κ3) is 3.83. The highest BCUT2D eigenvalue weighted by atomic mass is 32.2. The number of nitrogens with one attached hydrogen (secondary N) is 1. The van der Waals surface area contributed by atoms with Crippen LogP contribution in [0.4, 0.5) is 5.69 Å². The Labute approximate surface area is 160 Å². The van der Waals surface area contributed by atoms with E-state index in [1.54, 1.807) is 13.1 Å². The fourth-order valence-electron chi connectivity index (χ4n) is 2.72. The molecule has 1 amide bonds. The second-order valence-corrected chi connectivity index (χ2v) is 6.86. The minimum Gasteiger partial charge on any atom is -0.340 e. The van der Waals surface area contributed by atoms with Gasteiger partial charge in [-0.15, -0.1) is 11.8 Å². The molecule has 0 fully saturated rings. The SMILES string of the molecule is Cc1nc(CSc2ccccc2C(=O)Nc2cccc3ncccc23)no1. The van der Waals surface area contributed by atoms with E-state index in [0.29, 0.717) is 23.0 Å². The normalized spacial score (nSPS) is 10.9. The van der Waals surface area contributed by atoms with Crippen molar-refractivity contribution in [1.29, 1.82) is 0 Å². The van der Waals surface area contributed by atoms with E-state index in [1.807, 2.05) is 54.6 Å². The van der Waals surface area contributed by atoms with Gasteiger partial charge in [0.05, 0.1) is 22.5 Å². The van der Waals surface area contributed by atoms with Gasteiger partial charge in [0, 0.05) is 23.4 Å². The van der Waals surface area contributed by atoms with Gasteiger partial charge in [0.2, 0.25) is 5.89 Å². The molecule has 0 radical (unpaired) electrons. The molecule has 1 N–H and O–H groups in total. The molecule has 0 aliphatic rings. The van der Waals surface area contributed by atoms with Crippen LogP contribution in [0.5, 0.6) is 0 Å². The minimum absolute atomic E-state index is 0.168. The first kappa shape index (κ1) is 17.2. The van der Waals surface area contributed by atoms with Crippen molar-refractivity contribution in [1.82, 2.24) is 15.1 Å². The van der Waals surface area contributed by atoms with Gasteiger partial charge in [0.15, 0.2) is 5.82 Å². The molecule has 0 saturated heterocycles. The number of thioether (sulfide) groups is 1. The lowest BCUT2D eigenvalue weighted by Crippen LogP contribution is -2.13. The number of benzene rings is 2. The molecule has 2 aromatic heterocycles. The molecule has 0 atom stereocenters. The molecule has 0 aliphatic heterocycles. The standard InChI is InChI=1S/C20H16N4O2S/c1-13-22-19(24-26-13)12-27-18-10-3-2-6-15(18)20(25)23-17-9-4-8-16-14(17)7-5-11-21-16/h2-11H,12H2,1H3,(H,23,25). The number of nitrogens with zero attached hydrogens (tertiary/aromatic N) is 3. The van der Waals surface area contributed by atoms with Gasteiger partial charge in [-0.2, -0.15) is 4.98 Å². The topological polar surface area (TPSA) is 80.9 Å². The smallest absolute Gasteiger partial charge is 0.256 e. The highest BCUT2D eigenvalue weighted by molar-refractivity contribution is 7.98. The van der Waals surface area contributed by atoms with Crippen molar-refractivity contribution >= 4 is 34.3 Å². The van der Waals surface area contributed by atoms with Crippen molar-refractivity contribution in [2.24, 2.45) is 0 Å². The molecular weight excluding hydrogens is 360 g/mol. The van der Waals surface area contributed by atoms with Crippen LogP contribution in [0.3, 0.4) is 0 Å². The van der Waals surface area contributed by atoms with Crippen molar-refractivity contribution in [3.05, 3.63) is 78.1 Å². The van der Waals surface area contributed by atoms with Crippen LogP contribution in [0.25, 0.3) is 10.9 Å². The lowest BCUT2D eigenvalue weighted by atomic mass is 10.1. The molecule has 0 spiro atoms. The largest absolute Gasteiger partial charge is 0.340 e. The molecule has 2 heterocycles. The second-order valence-electron chi connectivity index (χ2n) is 5.84. The van der Waals surface area contributed by atoms with Crippen LogP contribution in [-0.4, -0.2) is 21.0 Å². The number of hydrogen-bond acceptors (Lipinski definition) is 6. The van der Waals surface area contributed by atoms with Crippen LogP contribution in [0.1, 0.15) is 22.1 Å². The quantitative estimate of drug-likeness (QED) is 0.518. The van der Waals surface area contributed by atoms with Gasteiger partial charge in [-0.3, -0.25) is 9.78 Å². The first-order chi connectivity index (χ1) is 13.2. The number of aryl methyl sites for hydroxylation is 1. The van der Waals surface area contributed by atoms with Crippen molar-refractivity contribution < 1.29 is 9.32 Å². The molecule has 7 heteroatoms. The summed E-state index contributed by atoms with van der Waals surface area (Å²) in [5.74, 6) is 1.49. The number of hydrogen-bond donors (Lipinski definition) is 1. The van der Waals surface area contributed by atoms with Gasteiger partial charge in [-0.1, -0.05) is 23.4 Å². The van der Waals surface area contributed by atoms with E-state index in [0.717, 1.165) is 21.5 Å². The Hall–Kier alpha value is -3.19. The Bertz CT molecular complexity index is 1100. The van der Waals surface area contributed by atoms with Crippen LogP contribution in [0.15, 0.2) is 70.2 Å². The summed E-state index contributed by atoms with van der Waals surface area (Å²) in [5.41, 5.74) is 2.17. The molecule has 0 saturated carbocycles. The Kier molecular flexibility index (Phi) is 4.84. The number of carbonyl (C=O) groups excluding carboxylic acids is 1. The third-order valence-corrected chi connectivity index (χ3v) is 5.02. The summed E-state index contributed by atoms with van der Waals surface area (Å²) in [7, 11) is 0. The first-order valence-corrected chi connectivity index (χ1v) is 9.35. The zero-order valence-corrected chi connectivity index (χ0v) is 15.4. The summed E-state index contributed by atoms with van der Waals surface area (Å²) >= 11 is 1.50. The molecule has 0 bridgehead atoms.